The zero-order valence-corrected chi connectivity index (χ0v) is 16.7. The molecule has 0 bridgehead atoms. The van der Waals surface area contributed by atoms with Gasteiger partial charge in [-0.2, -0.15) is 18.3 Å². The molecule has 2 amide bonds. The van der Waals surface area contributed by atoms with Gasteiger partial charge in [-0.15, -0.1) is 0 Å². The maximum atomic E-state index is 12.9. The molecule has 2 aromatic carbocycles. The van der Waals surface area contributed by atoms with Gasteiger partial charge in [-0.3, -0.25) is 4.68 Å². The number of anilines is 2. The van der Waals surface area contributed by atoms with Crippen molar-refractivity contribution in [2.45, 2.75) is 6.18 Å². The number of hydrogen-bond acceptors (Lipinski definition) is 2. The molecule has 0 aliphatic carbocycles. The van der Waals surface area contributed by atoms with Gasteiger partial charge in [-0.1, -0.05) is 23.7 Å². The van der Waals surface area contributed by atoms with Gasteiger partial charge in [0.25, 0.3) is 0 Å². The van der Waals surface area contributed by atoms with Gasteiger partial charge in [0.05, 0.1) is 26.9 Å². The summed E-state index contributed by atoms with van der Waals surface area (Å²) in [5.41, 5.74) is 1.04. The fourth-order valence-corrected chi connectivity index (χ4v) is 3.40. The summed E-state index contributed by atoms with van der Waals surface area (Å²) in [6.45, 7) is 0. The van der Waals surface area contributed by atoms with Crippen molar-refractivity contribution in [3.05, 3.63) is 63.7 Å². The molecule has 0 saturated heterocycles. The van der Waals surface area contributed by atoms with Crippen molar-refractivity contribution in [3.63, 3.8) is 0 Å². The molecule has 3 rings (SSSR count). The predicted octanol–water partition coefficient (Wildman–Crippen LogP) is 6.17. The zero-order chi connectivity index (χ0) is 20.5. The molecular weight excluding hydrogens is 461 g/mol. The number of aryl methyl sites for hydroxylation is 1. The highest BCUT2D eigenvalue weighted by Crippen LogP contribution is 2.36. The number of alkyl halides is 3. The minimum atomic E-state index is -4.62. The number of urea groups is 1. The summed E-state index contributed by atoms with van der Waals surface area (Å²) in [6, 6.07) is 9.46. The van der Waals surface area contributed by atoms with E-state index in [9.17, 15) is 18.0 Å². The molecule has 0 fully saturated rings. The van der Waals surface area contributed by atoms with Crippen molar-refractivity contribution < 1.29 is 18.0 Å². The Morgan fingerprint density at radius 1 is 1.14 bits per heavy atom. The first-order valence-electron chi connectivity index (χ1n) is 7.88. The highest BCUT2D eigenvalue weighted by atomic mass is 79.9. The molecule has 1 aromatic heterocycles. The number of carbonyl (C=O) groups excluding carboxylic acids is 1. The van der Waals surface area contributed by atoms with Crippen molar-refractivity contribution in [2.24, 2.45) is 7.05 Å². The first-order valence-corrected chi connectivity index (χ1v) is 9.05. The van der Waals surface area contributed by atoms with Crippen LogP contribution >= 0.6 is 27.5 Å². The van der Waals surface area contributed by atoms with E-state index in [-0.39, 0.29) is 5.69 Å². The monoisotopic (exact) mass is 472 g/mol. The van der Waals surface area contributed by atoms with Gasteiger partial charge in [-0.05, 0) is 46.3 Å². The maximum Gasteiger partial charge on any atom is 0.417 e. The van der Waals surface area contributed by atoms with Crippen molar-refractivity contribution in [1.82, 2.24) is 9.78 Å². The highest BCUT2D eigenvalue weighted by molar-refractivity contribution is 9.10. The lowest BCUT2D eigenvalue weighted by Gasteiger charge is -2.13. The molecule has 0 spiro atoms. The molecule has 0 saturated carbocycles. The van der Waals surface area contributed by atoms with Gasteiger partial charge in [0.2, 0.25) is 0 Å². The van der Waals surface area contributed by atoms with E-state index < -0.39 is 22.8 Å². The Kier molecular flexibility index (Phi) is 5.66. The SMILES string of the molecule is Cn1ncc(Br)c1-c1cccc(NC(=O)Nc2ccc(Cl)c(C(F)(F)F)c2)c1. The molecule has 0 aliphatic heterocycles. The smallest absolute Gasteiger partial charge is 0.308 e. The molecule has 146 valence electrons. The quantitative estimate of drug-likeness (QED) is 0.478. The predicted molar refractivity (Wildman–Crippen MR) is 105 cm³/mol. The van der Waals surface area contributed by atoms with Crippen LogP contribution in [0.1, 0.15) is 5.56 Å². The molecule has 0 atom stereocenters. The van der Waals surface area contributed by atoms with Crippen LogP contribution in [0.15, 0.2) is 53.1 Å². The normalized spacial score (nSPS) is 11.4. The van der Waals surface area contributed by atoms with Crippen molar-refractivity contribution >= 4 is 44.9 Å². The Balaban J connectivity index is 1.77. The largest absolute Gasteiger partial charge is 0.417 e. The Morgan fingerprint density at radius 3 is 2.43 bits per heavy atom. The van der Waals surface area contributed by atoms with E-state index in [2.05, 4.69) is 31.7 Å². The summed E-state index contributed by atoms with van der Waals surface area (Å²) in [6.07, 6.45) is -2.96. The fraction of sp³-hybridized carbons (Fsp3) is 0.111. The van der Waals surface area contributed by atoms with E-state index in [1.165, 1.54) is 6.07 Å². The molecule has 2 N–H and O–H groups in total. The molecule has 3 aromatic rings. The summed E-state index contributed by atoms with van der Waals surface area (Å²) >= 11 is 9.00. The van der Waals surface area contributed by atoms with Crippen LogP contribution in [-0.2, 0) is 13.2 Å². The van der Waals surface area contributed by atoms with Crippen LogP contribution in [0.5, 0.6) is 0 Å². The number of halogens is 5. The highest BCUT2D eigenvalue weighted by Gasteiger charge is 2.33. The fourth-order valence-electron chi connectivity index (χ4n) is 2.59. The topological polar surface area (TPSA) is 59.0 Å². The van der Waals surface area contributed by atoms with E-state index in [1.807, 2.05) is 6.07 Å². The lowest BCUT2D eigenvalue weighted by Crippen LogP contribution is -2.20. The number of hydrogen-bond donors (Lipinski definition) is 2. The van der Waals surface area contributed by atoms with Gasteiger partial charge in [-0.25, -0.2) is 4.79 Å². The molecule has 0 unspecified atom stereocenters. The third-order valence-corrected chi connectivity index (χ3v) is 4.73. The van der Waals surface area contributed by atoms with E-state index in [0.29, 0.717) is 5.69 Å². The maximum absolute atomic E-state index is 12.9. The van der Waals surface area contributed by atoms with Gasteiger partial charge in [0, 0.05) is 24.0 Å². The Morgan fingerprint density at radius 2 is 1.82 bits per heavy atom. The van der Waals surface area contributed by atoms with Crippen LogP contribution in [0.4, 0.5) is 29.3 Å². The summed E-state index contributed by atoms with van der Waals surface area (Å²) in [7, 11) is 1.78. The van der Waals surface area contributed by atoms with E-state index in [4.69, 9.17) is 11.6 Å². The second-order valence-electron chi connectivity index (χ2n) is 5.82. The van der Waals surface area contributed by atoms with E-state index >= 15 is 0 Å². The van der Waals surface area contributed by atoms with Crippen LogP contribution in [-0.4, -0.2) is 15.8 Å². The number of nitrogens with zero attached hydrogens (tertiary/aromatic N) is 2. The summed E-state index contributed by atoms with van der Waals surface area (Å²) in [5, 5.41) is 8.67. The van der Waals surface area contributed by atoms with Crippen LogP contribution < -0.4 is 10.6 Å². The Hall–Kier alpha value is -2.52. The average molecular weight is 474 g/mol. The standard InChI is InChI=1S/C18H13BrClF3N4O/c1-27-16(14(19)9-24-27)10-3-2-4-11(7-10)25-17(28)26-12-5-6-15(20)13(8-12)18(21,22)23/h2-9H,1H3,(H2,25,26,28). The van der Waals surface area contributed by atoms with Gasteiger partial charge < -0.3 is 10.6 Å². The third kappa shape index (κ3) is 4.48. The van der Waals surface area contributed by atoms with Crippen LogP contribution in [0.3, 0.4) is 0 Å². The summed E-state index contributed by atoms with van der Waals surface area (Å²) < 4.78 is 41.3. The number of carbonyl (C=O) groups is 1. The molecule has 0 radical (unpaired) electrons. The number of aromatic nitrogens is 2. The zero-order valence-electron chi connectivity index (χ0n) is 14.3. The van der Waals surface area contributed by atoms with Gasteiger partial charge in [0.1, 0.15) is 0 Å². The number of rotatable bonds is 3. The minimum Gasteiger partial charge on any atom is -0.308 e. The average Bonchev–Trinajstić information content (AvgIpc) is 2.94. The van der Waals surface area contributed by atoms with Crippen molar-refractivity contribution in [3.8, 4) is 11.3 Å². The second kappa shape index (κ2) is 7.84. The number of benzene rings is 2. The lowest BCUT2D eigenvalue weighted by atomic mass is 10.1. The first-order chi connectivity index (χ1) is 13.1. The molecule has 10 heteroatoms. The molecule has 1 heterocycles. The third-order valence-electron chi connectivity index (χ3n) is 3.82. The molecular formula is C18H13BrClF3N4O. The Labute approximate surface area is 171 Å². The molecule has 5 nitrogen and oxygen atoms in total. The van der Waals surface area contributed by atoms with Crippen LogP contribution in [0.25, 0.3) is 11.3 Å². The van der Waals surface area contributed by atoms with E-state index in [0.717, 1.165) is 27.9 Å². The van der Waals surface area contributed by atoms with Gasteiger partial charge in [0.15, 0.2) is 0 Å². The van der Waals surface area contributed by atoms with E-state index in [1.54, 1.807) is 36.1 Å². The Bertz CT molecular complexity index is 1020. The number of amides is 2. The molecule has 28 heavy (non-hydrogen) atoms. The number of nitrogens with one attached hydrogen (secondary N) is 2. The summed E-state index contributed by atoms with van der Waals surface area (Å²) in [5.74, 6) is 0. The minimum absolute atomic E-state index is 0.0280. The summed E-state index contributed by atoms with van der Waals surface area (Å²) in [4.78, 5) is 12.2. The first kappa shape index (κ1) is 20.2. The second-order valence-corrected chi connectivity index (χ2v) is 7.08. The molecule has 0 aliphatic rings. The van der Waals surface area contributed by atoms with Crippen molar-refractivity contribution in [1.29, 1.82) is 0 Å². The van der Waals surface area contributed by atoms with Crippen LogP contribution in [0, 0.1) is 0 Å². The lowest BCUT2D eigenvalue weighted by molar-refractivity contribution is -0.137. The van der Waals surface area contributed by atoms with Crippen molar-refractivity contribution in [2.75, 3.05) is 10.6 Å². The van der Waals surface area contributed by atoms with Gasteiger partial charge >= 0.3 is 12.2 Å². The van der Waals surface area contributed by atoms with Crippen LogP contribution in [0.2, 0.25) is 5.02 Å².